The van der Waals surface area contributed by atoms with E-state index in [1.54, 1.807) is 0 Å². The quantitative estimate of drug-likeness (QED) is 0.769. The molecular formula is C14H22N2. The topological polar surface area (TPSA) is 24.9 Å². The molecule has 1 saturated carbocycles. The van der Waals surface area contributed by atoms with Crippen LogP contribution in [0.4, 0.5) is 0 Å². The maximum absolute atomic E-state index is 4.33. The van der Waals surface area contributed by atoms with E-state index in [0.717, 1.165) is 13.0 Å². The van der Waals surface area contributed by atoms with Gasteiger partial charge in [-0.2, -0.15) is 0 Å². The second kappa shape index (κ2) is 5.44. The summed E-state index contributed by atoms with van der Waals surface area (Å²) in [7, 11) is 0. The Balaban J connectivity index is 1.65. The molecule has 0 spiro atoms. The lowest BCUT2D eigenvalue weighted by molar-refractivity contribution is 0.316. The summed E-state index contributed by atoms with van der Waals surface area (Å²) in [5.41, 5.74) is 1.75. The van der Waals surface area contributed by atoms with Gasteiger partial charge in [-0.15, -0.1) is 0 Å². The molecular weight excluding hydrogens is 196 g/mol. The average Bonchev–Trinajstić information content (AvgIpc) is 2.74. The van der Waals surface area contributed by atoms with Gasteiger partial charge < -0.3 is 5.32 Å². The van der Waals surface area contributed by atoms with E-state index < -0.39 is 0 Å². The molecule has 1 aromatic heterocycles. The molecule has 1 fully saturated rings. The summed E-state index contributed by atoms with van der Waals surface area (Å²) >= 11 is 0. The van der Waals surface area contributed by atoms with Crippen LogP contribution >= 0.6 is 0 Å². The van der Waals surface area contributed by atoms with Gasteiger partial charge in [0.1, 0.15) is 0 Å². The molecule has 88 valence electrons. The Morgan fingerprint density at radius 1 is 1.31 bits per heavy atom. The van der Waals surface area contributed by atoms with Crippen molar-refractivity contribution in [1.29, 1.82) is 0 Å². The maximum atomic E-state index is 4.33. The van der Waals surface area contributed by atoms with Crippen LogP contribution in [0.3, 0.4) is 0 Å². The molecule has 2 heteroatoms. The zero-order chi connectivity index (χ0) is 11.3. The molecule has 0 bridgehead atoms. The smallest absolute Gasteiger partial charge is 0.0416 e. The molecule has 0 aliphatic heterocycles. The summed E-state index contributed by atoms with van der Waals surface area (Å²) < 4.78 is 0. The molecule has 2 nitrogen and oxygen atoms in total. The standard InChI is InChI=1S/C14H22N2/c1-14(8-3-4-9-14)12-15-11-7-13-6-2-5-10-16-13/h2,5-6,10,15H,3-4,7-9,11-12H2,1H3. The highest BCUT2D eigenvalue weighted by molar-refractivity contribution is 5.03. The Bertz CT molecular complexity index is 302. The summed E-state index contributed by atoms with van der Waals surface area (Å²) in [6, 6.07) is 6.12. The van der Waals surface area contributed by atoms with Crippen LogP contribution in [0.1, 0.15) is 38.3 Å². The van der Waals surface area contributed by atoms with Gasteiger partial charge in [0.05, 0.1) is 0 Å². The summed E-state index contributed by atoms with van der Waals surface area (Å²) in [6.07, 6.45) is 8.52. The second-order valence-corrected chi connectivity index (χ2v) is 5.27. The minimum atomic E-state index is 0.560. The van der Waals surface area contributed by atoms with E-state index in [4.69, 9.17) is 0 Å². The van der Waals surface area contributed by atoms with Crippen LogP contribution in [0, 0.1) is 5.41 Å². The van der Waals surface area contributed by atoms with E-state index >= 15 is 0 Å². The summed E-state index contributed by atoms with van der Waals surface area (Å²) in [6.45, 7) is 4.63. The van der Waals surface area contributed by atoms with Crippen molar-refractivity contribution in [3.8, 4) is 0 Å². The van der Waals surface area contributed by atoms with E-state index in [1.165, 1.54) is 37.9 Å². The van der Waals surface area contributed by atoms with E-state index in [1.807, 2.05) is 12.3 Å². The highest BCUT2D eigenvalue weighted by Crippen LogP contribution is 2.36. The molecule has 2 rings (SSSR count). The van der Waals surface area contributed by atoms with Gasteiger partial charge in [-0.3, -0.25) is 4.98 Å². The molecule has 0 aromatic carbocycles. The Labute approximate surface area is 98.5 Å². The van der Waals surface area contributed by atoms with Crippen molar-refractivity contribution in [2.45, 2.75) is 39.0 Å². The highest BCUT2D eigenvalue weighted by atomic mass is 14.9. The van der Waals surface area contributed by atoms with Crippen LogP contribution in [-0.4, -0.2) is 18.1 Å². The largest absolute Gasteiger partial charge is 0.316 e. The fraction of sp³-hybridized carbons (Fsp3) is 0.643. The van der Waals surface area contributed by atoms with Crippen molar-refractivity contribution in [1.82, 2.24) is 10.3 Å². The van der Waals surface area contributed by atoms with Crippen LogP contribution < -0.4 is 5.32 Å². The molecule has 0 atom stereocenters. The van der Waals surface area contributed by atoms with Crippen molar-refractivity contribution in [2.75, 3.05) is 13.1 Å². The SMILES string of the molecule is CC1(CNCCc2ccccn2)CCCC1. The Kier molecular flexibility index (Phi) is 3.94. The fourth-order valence-electron chi connectivity index (χ4n) is 2.56. The van der Waals surface area contributed by atoms with Gasteiger partial charge in [-0.05, 0) is 30.4 Å². The number of nitrogens with one attached hydrogen (secondary N) is 1. The van der Waals surface area contributed by atoms with Crippen molar-refractivity contribution < 1.29 is 0 Å². The van der Waals surface area contributed by atoms with Crippen molar-refractivity contribution >= 4 is 0 Å². The molecule has 1 aromatic rings. The first-order valence-corrected chi connectivity index (χ1v) is 6.39. The molecule has 1 N–H and O–H groups in total. The predicted octanol–water partition coefficient (Wildman–Crippen LogP) is 2.79. The van der Waals surface area contributed by atoms with Gasteiger partial charge in [0.25, 0.3) is 0 Å². The van der Waals surface area contributed by atoms with E-state index in [9.17, 15) is 0 Å². The number of pyridine rings is 1. The average molecular weight is 218 g/mol. The first kappa shape index (κ1) is 11.6. The van der Waals surface area contributed by atoms with E-state index in [0.29, 0.717) is 5.41 Å². The summed E-state index contributed by atoms with van der Waals surface area (Å²) in [5, 5.41) is 3.58. The first-order chi connectivity index (χ1) is 7.79. The van der Waals surface area contributed by atoms with Gasteiger partial charge in [0.2, 0.25) is 0 Å². The van der Waals surface area contributed by atoms with Crippen LogP contribution in [0.5, 0.6) is 0 Å². The Morgan fingerprint density at radius 2 is 2.12 bits per heavy atom. The van der Waals surface area contributed by atoms with Crippen molar-refractivity contribution in [2.24, 2.45) is 5.41 Å². The van der Waals surface area contributed by atoms with Crippen molar-refractivity contribution in [3.05, 3.63) is 30.1 Å². The number of hydrogen-bond donors (Lipinski definition) is 1. The van der Waals surface area contributed by atoms with Crippen LogP contribution in [0.25, 0.3) is 0 Å². The third-order valence-corrected chi connectivity index (χ3v) is 3.65. The molecule has 1 aliphatic carbocycles. The lowest BCUT2D eigenvalue weighted by Crippen LogP contribution is -2.30. The molecule has 0 unspecified atom stereocenters. The second-order valence-electron chi connectivity index (χ2n) is 5.27. The van der Waals surface area contributed by atoms with Crippen LogP contribution in [0.15, 0.2) is 24.4 Å². The molecule has 1 heterocycles. The predicted molar refractivity (Wildman–Crippen MR) is 67.4 cm³/mol. The molecule has 16 heavy (non-hydrogen) atoms. The molecule has 0 amide bonds. The van der Waals surface area contributed by atoms with Gasteiger partial charge in [0, 0.05) is 31.4 Å². The first-order valence-electron chi connectivity index (χ1n) is 6.39. The van der Waals surface area contributed by atoms with Crippen LogP contribution in [-0.2, 0) is 6.42 Å². The van der Waals surface area contributed by atoms with E-state index in [-0.39, 0.29) is 0 Å². The number of hydrogen-bond acceptors (Lipinski definition) is 2. The van der Waals surface area contributed by atoms with Gasteiger partial charge in [-0.1, -0.05) is 25.8 Å². The maximum Gasteiger partial charge on any atom is 0.0416 e. The van der Waals surface area contributed by atoms with E-state index in [2.05, 4.69) is 29.4 Å². The molecule has 0 saturated heterocycles. The highest BCUT2D eigenvalue weighted by Gasteiger charge is 2.27. The zero-order valence-corrected chi connectivity index (χ0v) is 10.2. The summed E-state index contributed by atoms with van der Waals surface area (Å²) in [5.74, 6) is 0. The Morgan fingerprint density at radius 3 is 2.81 bits per heavy atom. The summed E-state index contributed by atoms with van der Waals surface area (Å²) in [4.78, 5) is 4.33. The number of rotatable bonds is 5. The third-order valence-electron chi connectivity index (χ3n) is 3.65. The van der Waals surface area contributed by atoms with Gasteiger partial charge in [-0.25, -0.2) is 0 Å². The number of nitrogens with zero attached hydrogens (tertiary/aromatic N) is 1. The fourth-order valence-corrected chi connectivity index (χ4v) is 2.56. The molecule has 0 radical (unpaired) electrons. The number of aromatic nitrogens is 1. The third kappa shape index (κ3) is 3.31. The minimum Gasteiger partial charge on any atom is -0.316 e. The Hall–Kier alpha value is -0.890. The van der Waals surface area contributed by atoms with Gasteiger partial charge in [0.15, 0.2) is 0 Å². The zero-order valence-electron chi connectivity index (χ0n) is 10.2. The molecule has 1 aliphatic rings. The minimum absolute atomic E-state index is 0.560. The lowest BCUT2D eigenvalue weighted by atomic mass is 9.89. The van der Waals surface area contributed by atoms with Crippen LogP contribution in [0.2, 0.25) is 0 Å². The lowest BCUT2D eigenvalue weighted by Gasteiger charge is -2.23. The van der Waals surface area contributed by atoms with Crippen molar-refractivity contribution in [3.63, 3.8) is 0 Å². The van der Waals surface area contributed by atoms with Gasteiger partial charge >= 0.3 is 0 Å². The normalized spacial score (nSPS) is 18.8. The monoisotopic (exact) mass is 218 g/mol.